The number of anilines is 2. The van der Waals surface area contributed by atoms with Gasteiger partial charge in [-0.3, -0.25) is 14.4 Å². The molecule has 0 aromatic heterocycles. The highest BCUT2D eigenvalue weighted by molar-refractivity contribution is 6.30. The van der Waals surface area contributed by atoms with E-state index in [1.165, 1.54) is 0 Å². The topological polar surface area (TPSA) is 78.5 Å². The van der Waals surface area contributed by atoms with Gasteiger partial charge in [0.15, 0.2) is 5.78 Å². The van der Waals surface area contributed by atoms with Gasteiger partial charge in [0.25, 0.3) is 0 Å². The van der Waals surface area contributed by atoms with Crippen molar-refractivity contribution in [1.82, 2.24) is 4.90 Å². The van der Waals surface area contributed by atoms with Crippen molar-refractivity contribution in [2.75, 3.05) is 10.6 Å². The molecule has 4 aromatic rings. The van der Waals surface area contributed by atoms with Crippen LogP contribution in [0.5, 0.6) is 0 Å². The molecule has 3 heterocycles. The number of hydrogen-bond donors (Lipinski definition) is 2. The number of rotatable bonds is 4. The first-order valence-corrected chi connectivity index (χ1v) is 13.5. The Kier molecular flexibility index (Phi) is 5.61. The van der Waals surface area contributed by atoms with Crippen LogP contribution in [0.25, 0.3) is 6.08 Å². The second-order valence-electron chi connectivity index (χ2n) is 10.3. The molecule has 2 N–H and O–H groups in total. The van der Waals surface area contributed by atoms with E-state index in [1.807, 2.05) is 71.8 Å². The predicted octanol–water partition coefficient (Wildman–Crippen LogP) is 6.08. The molecule has 1 spiro atoms. The van der Waals surface area contributed by atoms with E-state index in [0.717, 1.165) is 16.7 Å². The van der Waals surface area contributed by atoms with Gasteiger partial charge in [-0.25, -0.2) is 0 Å². The van der Waals surface area contributed by atoms with Gasteiger partial charge in [0.2, 0.25) is 11.8 Å². The SMILES string of the molecule is O=C(Nc1ccc(Cl)cc1)[C@@H]1[C@@H](C(=O)c2ccccc2)[C@@]2(C(=O)Nc3ccccc32)[C@@H]2c3ccccc3C=CN12. The Morgan fingerprint density at radius 2 is 1.55 bits per heavy atom. The van der Waals surface area contributed by atoms with Crippen molar-refractivity contribution in [3.8, 4) is 0 Å². The molecule has 6 nitrogen and oxygen atoms in total. The summed E-state index contributed by atoms with van der Waals surface area (Å²) in [6.07, 6.45) is 3.80. The van der Waals surface area contributed by atoms with Crippen molar-refractivity contribution in [3.05, 3.63) is 137 Å². The van der Waals surface area contributed by atoms with E-state index in [-0.39, 0.29) is 17.6 Å². The summed E-state index contributed by atoms with van der Waals surface area (Å²) in [7, 11) is 0. The van der Waals surface area contributed by atoms with Gasteiger partial charge in [-0.15, -0.1) is 0 Å². The van der Waals surface area contributed by atoms with E-state index in [4.69, 9.17) is 11.6 Å². The van der Waals surface area contributed by atoms with Gasteiger partial charge in [-0.05, 0) is 53.1 Å². The first-order chi connectivity index (χ1) is 19.5. The summed E-state index contributed by atoms with van der Waals surface area (Å²) in [6, 6.07) is 29.5. The highest BCUT2D eigenvalue weighted by Gasteiger charge is 2.70. The Balaban J connectivity index is 1.48. The lowest BCUT2D eigenvalue weighted by molar-refractivity contribution is -0.122. The van der Waals surface area contributed by atoms with Crippen LogP contribution in [-0.2, 0) is 15.0 Å². The maximum Gasteiger partial charge on any atom is 0.247 e. The fraction of sp³-hybridized carbons (Fsp3) is 0.121. The number of carbonyl (C=O) groups is 3. The average molecular weight is 546 g/mol. The molecule has 0 aliphatic carbocycles. The number of amides is 2. The molecule has 3 aliphatic heterocycles. The van der Waals surface area contributed by atoms with Gasteiger partial charge in [-0.2, -0.15) is 0 Å². The highest BCUT2D eigenvalue weighted by Crippen LogP contribution is 2.62. The Morgan fingerprint density at radius 3 is 2.35 bits per heavy atom. The average Bonchev–Trinajstić information content (AvgIpc) is 3.47. The van der Waals surface area contributed by atoms with Crippen LogP contribution in [0.2, 0.25) is 5.02 Å². The van der Waals surface area contributed by atoms with Gasteiger partial charge in [0.05, 0.1) is 12.0 Å². The van der Waals surface area contributed by atoms with Crippen molar-refractivity contribution in [1.29, 1.82) is 0 Å². The lowest BCUT2D eigenvalue weighted by Crippen LogP contribution is -2.50. The Bertz CT molecular complexity index is 1700. The second kappa shape index (κ2) is 9.21. The van der Waals surface area contributed by atoms with Crippen LogP contribution >= 0.6 is 11.6 Å². The summed E-state index contributed by atoms with van der Waals surface area (Å²) in [6.45, 7) is 0. The zero-order chi connectivity index (χ0) is 27.4. The molecule has 196 valence electrons. The number of para-hydroxylation sites is 1. The van der Waals surface area contributed by atoms with Gasteiger partial charge in [0, 0.05) is 28.2 Å². The van der Waals surface area contributed by atoms with Crippen molar-refractivity contribution >= 4 is 46.6 Å². The van der Waals surface area contributed by atoms with E-state index in [9.17, 15) is 14.4 Å². The third-order valence-electron chi connectivity index (χ3n) is 8.29. The molecule has 3 aliphatic rings. The fourth-order valence-corrected chi connectivity index (χ4v) is 6.83. The van der Waals surface area contributed by atoms with Gasteiger partial charge in [-0.1, -0.05) is 84.4 Å². The van der Waals surface area contributed by atoms with Crippen molar-refractivity contribution < 1.29 is 14.4 Å². The van der Waals surface area contributed by atoms with Crippen LogP contribution in [0.1, 0.15) is 33.1 Å². The second-order valence-corrected chi connectivity index (χ2v) is 10.7. The molecule has 4 aromatic carbocycles. The van der Waals surface area contributed by atoms with Crippen molar-refractivity contribution in [3.63, 3.8) is 0 Å². The number of ketones is 1. The molecule has 1 saturated heterocycles. The summed E-state index contributed by atoms with van der Waals surface area (Å²) >= 11 is 6.07. The van der Waals surface area contributed by atoms with E-state index < -0.39 is 23.4 Å². The number of Topliss-reactive ketones (excluding diaryl/α,β-unsaturated/α-hetero) is 1. The minimum Gasteiger partial charge on any atom is -0.356 e. The number of hydrogen-bond acceptors (Lipinski definition) is 4. The maximum atomic E-state index is 14.6. The maximum absolute atomic E-state index is 14.6. The molecule has 7 heteroatoms. The Labute approximate surface area is 236 Å². The normalized spacial score (nSPS) is 23.8. The number of carbonyl (C=O) groups excluding carboxylic acids is 3. The summed E-state index contributed by atoms with van der Waals surface area (Å²) in [5.74, 6) is -1.94. The monoisotopic (exact) mass is 545 g/mol. The summed E-state index contributed by atoms with van der Waals surface area (Å²) < 4.78 is 0. The predicted molar refractivity (Wildman–Crippen MR) is 155 cm³/mol. The number of fused-ring (bicyclic) bond motifs is 6. The number of nitrogens with one attached hydrogen (secondary N) is 2. The summed E-state index contributed by atoms with van der Waals surface area (Å²) in [4.78, 5) is 45.1. The summed E-state index contributed by atoms with van der Waals surface area (Å²) in [5.41, 5.74) is 2.86. The summed E-state index contributed by atoms with van der Waals surface area (Å²) in [5, 5.41) is 6.60. The van der Waals surface area contributed by atoms with Gasteiger partial charge < -0.3 is 15.5 Å². The largest absolute Gasteiger partial charge is 0.356 e. The van der Waals surface area contributed by atoms with E-state index >= 15 is 0 Å². The van der Waals surface area contributed by atoms with Crippen molar-refractivity contribution in [2.45, 2.75) is 17.5 Å². The van der Waals surface area contributed by atoms with Crippen LogP contribution in [0.3, 0.4) is 0 Å². The van der Waals surface area contributed by atoms with Gasteiger partial charge in [0.1, 0.15) is 11.5 Å². The lowest BCUT2D eigenvalue weighted by Gasteiger charge is -2.38. The third-order valence-corrected chi connectivity index (χ3v) is 8.54. The van der Waals surface area contributed by atoms with Crippen molar-refractivity contribution in [2.24, 2.45) is 5.92 Å². The fourth-order valence-electron chi connectivity index (χ4n) is 6.70. The molecule has 1 fully saturated rings. The van der Waals surface area contributed by atoms with E-state index in [2.05, 4.69) is 10.6 Å². The zero-order valence-corrected chi connectivity index (χ0v) is 22.0. The Morgan fingerprint density at radius 1 is 0.850 bits per heavy atom. The molecule has 0 unspecified atom stereocenters. The number of benzene rings is 4. The number of halogens is 1. The van der Waals surface area contributed by atoms with Crippen LogP contribution in [0, 0.1) is 5.92 Å². The quantitative estimate of drug-likeness (QED) is 0.305. The molecule has 4 atom stereocenters. The van der Waals surface area contributed by atoms with Crippen LogP contribution < -0.4 is 10.6 Å². The third kappa shape index (κ3) is 3.46. The minimum atomic E-state index is -1.35. The standard InChI is InChI=1S/C33H24ClN3O3/c34-22-14-16-23(17-15-22)35-31(39)28-27(29(38)21-9-2-1-3-10-21)33(25-12-6-7-13-26(25)36-32(33)40)30-24-11-5-4-8-20(24)18-19-37(28)30/h1-19,27-28,30H,(H,35,39)(H,36,40)/t27-,28-,30-,33+/m0/s1. The zero-order valence-electron chi connectivity index (χ0n) is 21.3. The van der Waals surface area contributed by atoms with Gasteiger partial charge >= 0.3 is 0 Å². The van der Waals surface area contributed by atoms with E-state index in [0.29, 0.717) is 22.0 Å². The number of nitrogens with zero attached hydrogens (tertiary/aromatic N) is 1. The molecular weight excluding hydrogens is 522 g/mol. The molecule has 7 rings (SSSR count). The molecule has 0 bridgehead atoms. The Hall–Kier alpha value is -4.68. The molecule has 2 amide bonds. The molecule has 40 heavy (non-hydrogen) atoms. The minimum absolute atomic E-state index is 0.260. The highest BCUT2D eigenvalue weighted by atomic mass is 35.5. The molecular formula is C33H24ClN3O3. The van der Waals surface area contributed by atoms with Crippen LogP contribution in [-0.4, -0.2) is 28.5 Å². The molecule has 0 radical (unpaired) electrons. The lowest BCUT2D eigenvalue weighted by atomic mass is 9.63. The smallest absolute Gasteiger partial charge is 0.247 e. The first kappa shape index (κ1) is 24.4. The molecule has 0 saturated carbocycles. The van der Waals surface area contributed by atoms with E-state index in [1.54, 1.807) is 48.5 Å². The van der Waals surface area contributed by atoms with Crippen LogP contribution in [0.15, 0.2) is 109 Å². The first-order valence-electron chi connectivity index (χ1n) is 13.1. The van der Waals surface area contributed by atoms with Crippen LogP contribution in [0.4, 0.5) is 11.4 Å².